The number of benzene rings is 1. The number of Topliss-reactive ketones (excluding diaryl/α,β-unsaturated/α-hetero) is 1. The highest BCUT2D eigenvalue weighted by atomic mass is 32.1. The minimum absolute atomic E-state index is 0.176. The van der Waals surface area contributed by atoms with Crippen molar-refractivity contribution >= 4 is 29.2 Å². The van der Waals surface area contributed by atoms with Crippen LogP contribution in [0.2, 0.25) is 0 Å². The van der Waals surface area contributed by atoms with Crippen molar-refractivity contribution in [3.63, 3.8) is 0 Å². The molecule has 0 radical (unpaired) electrons. The molecule has 0 bridgehead atoms. The van der Waals surface area contributed by atoms with Crippen molar-refractivity contribution in [1.82, 2.24) is 0 Å². The fourth-order valence-electron chi connectivity index (χ4n) is 2.53. The molecule has 25 heavy (non-hydrogen) atoms. The van der Waals surface area contributed by atoms with E-state index in [0.29, 0.717) is 33.3 Å². The second kappa shape index (κ2) is 6.07. The minimum atomic E-state index is -0.436. The summed E-state index contributed by atoms with van der Waals surface area (Å²) in [4.78, 5) is 25.1. The van der Waals surface area contributed by atoms with Crippen LogP contribution in [0.5, 0.6) is 11.5 Å². The number of thiophene rings is 1. The number of hydrogen-bond donors (Lipinski definition) is 0. The second-order valence-electron chi connectivity index (χ2n) is 5.39. The average Bonchev–Trinajstić information content (AvgIpc) is 3.34. The van der Waals surface area contributed by atoms with E-state index in [-0.39, 0.29) is 11.5 Å². The van der Waals surface area contributed by atoms with Gasteiger partial charge in [-0.05, 0) is 42.6 Å². The van der Waals surface area contributed by atoms with Gasteiger partial charge in [-0.25, -0.2) is 4.79 Å². The van der Waals surface area contributed by atoms with E-state index in [9.17, 15) is 9.59 Å². The fraction of sp³-hybridized carbons (Fsp3) is 0.0526. The van der Waals surface area contributed by atoms with Gasteiger partial charge >= 0.3 is 5.97 Å². The maximum Gasteiger partial charge on any atom is 0.353 e. The SMILES string of the molecule is Cc1c(OC(=O)c2cccs2)ccc2c1O/C(=C\c1ccco1)C2=O. The van der Waals surface area contributed by atoms with Crippen molar-refractivity contribution in [2.75, 3.05) is 0 Å². The van der Waals surface area contributed by atoms with Crippen LogP contribution < -0.4 is 9.47 Å². The molecule has 1 aliphatic rings. The summed E-state index contributed by atoms with van der Waals surface area (Å²) >= 11 is 1.31. The summed E-state index contributed by atoms with van der Waals surface area (Å²) in [6.07, 6.45) is 3.06. The van der Waals surface area contributed by atoms with E-state index in [4.69, 9.17) is 13.9 Å². The van der Waals surface area contributed by atoms with Gasteiger partial charge in [-0.15, -0.1) is 11.3 Å². The third-order valence-electron chi connectivity index (χ3n) is 3.78. The first kappa shape index (κ1) is 15.4. The Morgan fingerprint density at radius 3 is 2.80 bits per heavy atom. The van der Waals surface area contributed by atoms with E-state index in [1.165, 1.54) is 17.6 Å². The number of allylic oxidation sites excluding steroid dienone is 1. The van der Waals surface area contributed by atoms with Crippen molar-refractivity contribution in [2.24, 2.45) is 0 Å². The van der Waals surface area contributed by atoms with E-state index in [0.717, 1.165) is 0 Å². The van der Waals surface area contributed by atoms with E-state index in [1.54, 1.807) is 54.8 Å². The number of ketones is 1. The lowest BCUT2D eigenvalue weighted by Gasteiger charge is -2.09. The van der Waals surface area contributed by atoms with E-state index in [1.807, 2.05) is 0 Å². The number of rotatable bonds is 3. The number of fused-ring (bicyclic) bond motifs is 1. The molecule has 0 unspecified atom stereocenters. The Labute approximate surface area is 147 Å². The smallest absolute Gasteiger partial charge is 0.353 e. The summed E-state index contributed by atoms with van der Waals surface area (Å²) in [5.41, 5.74) is 1.03. The molecule has 0 saturated heterocycles. The summed E-state index contributed by atoms with van der Waals surface area (Å²) in [5.74, 6) is 0.802. The Bertz CT molecular complexity index is 981. The highest BCUT2D eigenvalue weighted by molar-refractivity contribution is 7.12. The Morgan fingerprint density at radius 1 is 1.20 bits per heavy atom. The molecule has 0 amide bonds. The van der Waals surface area contributed by atoms with Gasteiger partial charge in [0.1, 0.15) is 22.1 Å². The lowest BCUT2D eigenvalue weighted by Crippen LogP contribution is -2.07. The van der Waals surface area contributed by atoms with Crippen LogP contribution in [0.25, 0.3) is 6.08 Å². The van der Waals surface area contributed by atoms with Crippen LogP contribution in [0.4, 0.5) is 0 Å². The van der Waals surface area contributed by atoms with Gasteiger partial charge in [-0.3, -0.25) is 4.79 Å². The van der Waals surface area contributed by atoms with E-state index < -0.39 is 5.97 Å². The Kier molecular flexibility index (Phi) is 3.74. The lowest BCUT2D eigenvalue weighted by molar-refractivity contribution is 0.0738. The van der Waals surface area contributed by atoms with Crippen LogP contribution in [-0.2, 0) is 0 Å². The first-order valence-corrected chi connectivity index (χ1v) is 8.38. The molecule has 0 spiro atoms. The van der Waals surface area contributed by atoms with Crippen LogP contribution in [-0.4, -0.2) is 11.8 Å². The second-order valence-corrected chi connectivity index (χ2v) is 6.34. The zero-order valence-corrected chi connectivity index (χ0v) is 14.0. The van der Waals surface area contributed by atoms with Gasteiger partial charge in [-0.1, -0.05) is 6.07 Å². The molecule has 6 heteroatoms. The van der Waals surface area contributed by atoms with E-state index in [2.05, 4.69) is 0 Å². The molecule has 4 rings (SSSR count). The molecule has 124 valence electrons. The fourth-order valence-corrected chi connectivity index (χ4v) is 3.12. The van der Waals surface area contributed by atoms with Crippen LogP contribution in [0.15, 0.2) is 58.2 Å². The van der Waals surface area contributed by atoms with Crippen LogP contribution in [0.3, 0.4) is 0 Å². The molecule has 3 aromatic rings. The summed E-state index contributed by atoms with van der Waals surface area (Å²) < 4.78 is 16.3. The van der Waals surface area contributed by atoms with Gasteiger partial charge in [0.25, 0.3) is 0 Å². The molecular formula is C19H12O5S. The number of carbonyl (C=O) groups is 2. The monoisotopic (exact) mass is 352 g/mol. The standard InChI is InChI=1S/C19H12O5S/c1-11-14(24-19(21)16-5-3-9-25-16)7-6-13-17(20)15(23-18(11)13)10-12-4-2-8-22-12/h2-10H,1H3/b15-10-. The van der Waals surface area contributed by atoms with E-state index >= 15 is 0 Å². The zero-order chi connectivity index (χ0) is 17.4. The molecule has 3 heterocycles. The summed E-state index contributed by atoms with van der Waals surface area (Å²) in [5, 5.41) is 1.81. The van der Waals surface area contributed by atoms with Crippen molar-refractivity contribution < 1.29 is 23.5 Å². The summed E-state index contributed by atoms with van der Waals surface area (Å²) in [6.45, 7) is 1.75. The highest BCUT2D eigenvalue weighted by Crippen LogP contribution is 2.39. The van der Waals surface area contributed by atoms with Gasteiger partial charge in [0.2, 0.25) is 5.78 Å². The number of furan rings is 1. The molecule has 1 aliphatic heterocycles. The van der Waals surface area contributed by atoms with Crippen molar-refractivity contribution in [1.29, 1.82) is 0 Å². The quantitative estimate of drug-likeness (QED) is 0.395. The molecule has 0 aliphatic carbocycles. The zero-order valence-electron chi connectivity index (χ0n) is 13.1. The molecule has 0 atom stereocenters. The van der Waals surface area contributed by atoms with Gasteiger partial charge in [0.05, 0.1) is 11.8 Å². The summed E-state index contributed by atoms with van der Waals surface area (Å²) in [6, 6.07) is 10.1. The van der Waals surface area contributed by atoms with Gasteiger partial charge in [0, 0.05) is 11.6 Å². The van der Waals surface area contributed by atoms with Gasteiger partial charge in [0.15, 0.2) is 5.76 Å². The van der Waals surface area contributed by atoms with Crippen LogP contribution in [0, 0.1) is 6.92 Å². The molecule has 1 aromatic carbocycles. The first-order chi connectivity index (χ1) is 12.1. The third kappa shape index (κ3) is 2.77. The predicted octanol–water partition coefficient (Wildman–Crippen LogP) is 4.48. The third-order valence-corrected chi connectivity index (χ3v) is 4.63. The molecule has 2 aromatic heterocycles. The maximum atomic E-state index is 12.5. The van der Waals surface area contributed by atoms with Gasteiger partial charge in [-0.2, -0.15) is 0 Å². The number of carbonyl (C=O) groups excluding carboxylic acids is 2. The average molecular weight is 352 g/mol. The molecule has 5 nitrogen and oxygen atoms in total. The Hall–Kier alpha value is -3.12. The number of hydrogen-bond acceptors (Lipinski definition) is 6. The highest BCUT2D eigenvalue weighted by Gasteiger charge is 2.30. The first-order valence-electron chi connectivity index (χ1n) is 7.50. The Balaban J connectivity index is 1.64. The largest absolute Gasteiger partial charge is 0.465 e. The van der Waals surface area contributed by atoms with Crippen molar-refractivity contribution in [2.45, 2.75) is 6.92 Å². The number of ether oxygens (including phenoxy) is 2. The molecule has 0 fully saturated rings. The lowest BCUT2D eigenvalue weighted by atomic mass is 10.1. The van der Waals surface area contributed by atoms with Crippen molar-refractivity contribution in [3.05, 3.63) is 75.6 Å². The molecular weight excluding hydrogens is 340 g/mol. The normalized spacial score (nSPS) is 14.4. The maximum absolute atomic E-state index is 12.5. The topological polar surface area (TPSA) is 65.7 Å². The van der Waals surface area contributed by atoms with Crippen LogP contribution >= 0.6 is 11.3 Å². The summed E-state index contributed by atoms with van der Waals surface area (Å²) in [7, 11) is 0. The minimum Gasteiger partial charge on any atom is -0.465 e. The van der Waals surface area contributed by atoms with Crippen LogP contribution in [0.1, 0.15) is 31.4 Å². The van der Waals surface area contributed by atoms with Crippen molar-refractivity contribution in [3.8, 4) is 11.5 Å². The number of esters is 1. The predicted molar refractivity (Wildman–Crippen MR) is 92.1 cm³/mol. The molecule has 0 saturated carbocycles. The molecule has 0 N–H and O–H groups in total. The Morgan fingerprint density at radius 2 is 2.08 bits per heavy atom. The van der Waals surface area contributed by atoms with Gasteiger partial charge < -0.3 is 13.9 Å².